The molecule has 1 aliphatic rings. The maximum atomic E-state index is 6.09. The van der Waals surface area contributed by atoms with Crippen LogP contribution in [0.25, 0.3) is 10.8 Å². The molecule has 1 N–H and O–H groups in total. The smallest absolute Gasteiger partial charge is 0.134 e. The zero-order chi connectivity index (χ0) is 12.4. The molecule has 0 bridgehead atoms. The van der Waals surface area contributed by atoms with Crippen LogP contribution < -0.4 is 10.1 Å². The summed E-state index contributed by atoms with van der Waals surface area (Å²) >= 11 is 3.64. The van der Waals surface area contributed by atoms with Gasteiger partial charge in [-0.2, -0.15) is 0 Å². The quantitative estimate of drug-likeness (QED) is 0.925. The van der Waals surface area contributed by atoms with Crippen molar-refractivity contribution in [1.82, 2.24) is 10.3 Å². The summed E-state index contributed by atoms with van der Waals surface area (Å²) in [7, 11) is 0. The summed E-state index contributed by atoms with van der Waals surface area (Å²) in [6, 6.07) is 6.09. The van der Waals surface area contributed by atoms with E-state index in [2.05, 4.69) is 32.3 Å². The number of ether oxygens (including phenoxy) is 1. The average molecular weight is 307 g/mol. The van der Waals surface area contributed by atoms with E-state index in [9.17, 15) is 0 Å². The van der Waals surface area contributed by atoms with E-state index in [0.29, 0.717) is 6.10 Å². The molecule has 1 aromatic carbocycles. The number of hydrogen-bond acceptors (Lipinski definition) is 3. The molecule has 18 heavy (non-hydrogen) atoms. The van der Waals surface area contributed by atoms with Crippen molar-refractivity contribution in [3.05, 3.63) is 35.1 Å². The van der Waals surface area contributed by atoms with Gasteiger partial charge in [0.25, 0.3) is 0 Å². The Labute approximate surface area is 115 Å². The molecule has 0 atom stereocenters. The van der Waals surface area contributed by atoms with E-state index >= 15 is 0 Å². The summed E-state index contributed by atoms with van der Waals surface area (Å²) in [5, 5.41) is 5.62. The maximum Gasteiger partial charge on any atom is 0.134 e. The van der Waals surface area contributed by atoms with Gasteiger partial charge >= 0.3 is 0 Å². The van der Waals surface area contributed by atoms with Crippen LogP contribution in [-0.4, -0.2) is 24.2 Å². The first-order valence-electron chi connectivity index (χ1n) is 6.24. The first-order valence-corrected chi connectivity index (χ1v) is 7.03. The lowest BCUT2D eigenvalue weighted by Gasteiger charge is -2.24. The zero-order valence-electron chi connectivity index (χ0n) is 10.0. The van der Waals surface area contributed by atoms with Crippen LogP contribution in [-0.2, 0) is 0 Å². The third-order valence-corrected chi connectivity index (χ3v) is 4.12. The van der Waals surface area contributed by atoms with Gasteiger partial charge < -0.3 is 10.1 Å². The van der Waals surface area contributed by atoms with Gasteiger partial charge in [-0.3, -0.25) is 4.98 Å². The van der Waals surface area contributed by atoms with Gasteiger partial charge in [-0.1, -0.05) is 0 Å². The Kier molecular flexibility index (Phi) is 3.48. The van der Waals surface area contributed by atoms with Gasteiger partial charge in [-0.15, -0.1) is 0 Å². The van der Waals surface area contributed by atoms with Crippen LogP contribution >= 0.6 is 15.9 Å². The Morgan fingerprint density at radius 1 is 1.22 bits per heavy atom. The Balaban J connectivity index is 1.89. The minimum absolute atomic E-state index is 0.321. The lowest BCUT2D eigenvalue weighted by Crippen LogP contribution is -2.34. The van der Waals surface area contributed by atoms with E-state index in [4.69, 9.17) is 4.74 Å². The maximum absolute atomic E-state index is 6.09. The molecule has 0 aliphatic carbocycles. The van der Waals surface area contributed by atoms with Crippen molar-refractivity contribution in [3.63, 3.8) is 0 Å². The van der Waals surface area contributed by atoms with Gasteiger partial charge in [0.2, 0.25) is 0 Å². The van der Waals surface area contributed by atoms with Crippen LogP contribution in [0.5, 0.6) is 5.75 Å². The van der Waals surface area contributed by atoms with E-state index in [1.54, 1.807) is 6.20 Å². The van der Waals surface area contributed by atoms with Crippen molar-refractivity contribution in [3.8, 4) is 5.75 Å². The number of halogens is 1. The fraction of sp³-hybridized carbons (Fsp3) is 0.357. The number of piperidine rings is 1. The van der Waals surface area contributed by atoms with Crippen molar-refractivity contribution in [1.29, 1.82) is 0 Å². The first kappa shape index (κ1) is 11.9. The highest BCUT2D eigenvalue weighted by molar-refractivity contribution is 9.10. The molecule has 0 amide bonds. The summed E-state index contributed by atoms with van der Waals surface area (Å²) < 4.78 is 7.12. The van der Waals surface area contributed by atoms with Crippen LogP contribution in [0.15, 0.2) is 35.1 Å². The van der Waals surface area contributed by atoms with Crippen LogP contribution in [0.4, 0.5) is 0 Å². The standard InChI is InChI=1S/C14H15BrN2O/c15-14-12-5-8-17-9-10(12)1-2-13(14)18-11-3-6-16-7-4-11/h1-2,5,8-9,11,16H,3-4,6-7H2. The van der Waals surface area contributed by atoms with Crippen LogP contribution in [0.3, 0.4) is 0 Å². The number of pyridine rings is 1. The number of nitrogens with zero attached hydrogens (tertiary/aromatic N) is 1. The molecule has 4 heteroatoms. The molecule has 2 heterocycles. The highest BCUT2D eigenvalue weighted by atomic mass is 79.9. The number of rotatable bonds is 2. The molecule has 1 aliphatic heterocycles. The second kappa shape index (κ2) is 5.24. The fourth-order valence-corrected chi connectivity index (χ4v) is 2.88. The normalized spacial score (nSPS) is 16.9. The van der Waals surface area contributed by atoms with Crippen molar-refractivity contribution < 1.29 is 4.74 Å². The number of hydrogen-bond donors (Lipinski definition) is 1. The van der Waals surface area contributed by atoms with Gasteiger partial charge in [0, 0.05) is 23.2 Å². The van der Waals surface area contributed by atoms with E-state index in [-0.39, 0.29) is 0 Å². The van der Waals surface area contributed by atoms with Gasteiger partial charge in [0.05, 0.1) is 4.47 Å². The molecule has 1 aromatic heterocycles. The van der Waals surface area contributed by atoms with Crippen molar-refractivity contribution in [2.75, 3.05) is 13.1 Å². The Hall–Kier alpha value is -1.13. The summed E-state index contributed by atoms with van der Waals surface area (Å²) in [6.07, 6.45) is 6.14. The molecular formula is C14H15BrN2O. The second-order valence-corrected chi connectivity index (χ2v) is 5.33. The Morgan fingerprint density at radius 2 is 2.06 bits per heavy atom. The van der Waals surface area contributed by atoms with Gasteiger partial charge in [0.1, 0.15) is 11.9 Å². The number of aromatic nitrogens is 1. The monoisotopic (exact) mass is 306 g/mol. The van der Waals surface area contributed by atoms with Crippen LogP contribution in [0, 0.1) is 0 Å². The number of fused-ring (bicyclic) bond motifs is 1. The minimum Gasteiger partial charge on any atom is -0.489 e. The van der Waals surface area contributed by atoms with Gasteiger partial charge in [-0.25, -0.2) is 0 Å². The molecule has 1 saturated heterocycles. The lowest BCUT2D eigenvalue weighted by atomic mass is 10.1. The lowest BCUT2D eigenvalue weighted by molar-refractivity contribution is 0.161. The Bertz CT molecular complexity index is 552. The van der Waals surface area contributed by atoms with Gasteiger partial charge in [0.15, 0.2) is 0 Å². The molecule has 1 fully saturated rings. The third-order valence-electron chi connectivity index (χ3n) is 3.30. The number of nitrogens with one attached hydrogen (secondary N) is 1. The molecule has 0 saturated carbocycles. The SMILES string of the molecule is Brc1c(OC2CCNCC2)ccc2cnccc12. The van der Waals surface area contributed by atoms with Gasteiger partial charge in [-0.05, 0) is 60.1 Å². The van der Waals surface area contributed by atoms with E-state index in [1.807, 2.05) is 18.3 Å². The number of benzene rings is 1. The molecule has 0 unspecified atom stereocenters. The van der Waals surface area contributed by atoms with E-state index < -0.39 is 0 Å². The molecule has 0 spiro atoms. The predicted octanol–water partition coefficient (Wildman–Crippen LogP) is 3.13. The Morgan fingerprint density at radius 3 is 2.89 bits per heavy atom. The summed E-state index contributed by atoms with van der Waals surface area (Å²) in [4.78, 5) is 4.13. The van der Waals surface area contributed by atoms with Crippen LogP contribution in [0.1, 0.15) is 12.8 Å². The van der Waals surface area contributed by atoms with E-state index in [0.717, 1.165) is 46.9 Å². The first-order chi connectivity index (χ1) is 8.84. The molecular weight excluding hydrogens is 292 g/mol. The summed E-state index contributed by atoms with van der Waals surface area (Å²) in [5.74, 6) is 0.931. The van der Waals surface area contributed by atoms with E-state index in [1.165, 1.54) is 0 Å². The highest BCUT2D eigenvalue weighted by Crippen LogP contribution is 2.33. The summed E-state index contributed by atoms with van der Waals surface area (Å²) in [6.45, 7) is 2.08. The predicted molar refractivity (Wildman–Crippen MR) is 76.0 cm³/mol. The highest BCUT2D eigenvalue weighted by Gasteiger charge is 2.16. The van der Waals surface area contributed by atoms with Crippen molar-refractivity contribution in [2.45, 2.75) is 18.9 Å². The average Bonchev–Trinajstić information content (AvgIpc) is 2.43. The molecule has 3 rings (SSSR count). The third kappa shape index (κ3) is 2.35. The van der Waals surface area contributed by atoms with Crippen LogP contribution in [0.2, 0.25) is 0 Å². The fourth-order valence-electron chi connectivity index (χ4n) is 2.29. The summed E-state index contributed by atoms with van der Waals surface area (Å²) in [5.41, 5.74) is 0. The molecule has 94 valence electrons. The largest absolute Gasteiger partial charge is 0.489 e. The van der Waals surface area contributed by atoms with Crippen molar-refractivity contribution in [2.24, 2.45) is 0 Å². The second-order valence-electron chi connectivity index (χ2n) is 4.54. The molecule has 2 aromatic rings. The van der Waals surface area contributed by atoms with Crippen molar-refractivity contribution >= 4 is 26.7 Å². The topological polar surface area (TPSA) is 34.1 Å². The zero-order valence-corrected chi connectivity index (χ0v) is 11.6. The molecule has 3 nitrogen and oxygen atoms in total. The minimum atomic E-state index is 0.321. The molecule has 0 radical (unpaired) electrons.